The van der Waals surface area contributed by atoms with Crippen molar-refractivity contribution in [2.45, 2.75) is 48.4 Å². The van der Waals surface area contributed by atoms with Gasteiger partial charge in [0.15, 0.2) is 6.61 Å². The number of carboxylic acids is 1. The van der Waals surface area contributed by atoms with Gasteiger partial charge in [-0.2, -0.15) is 17.5 Å². The second-order valence-electron chi connectivity index (χ2n) is 7.54. The van der Waals surface area contributed by atoms with Gasteiger partial charge >= 0.3 is 12.1 Å². The third-order valence-corrected chi connectivity index (χ3v) is 8.07. The van der Waals surface area contributed by atoms with Crippen LogP contribution in [0.1, 0.15) is 31.4 Å². The molecule has 0 saturated carbocycles. The van der Waals surface area contributed by atoms with Crippen molar-refractivity contribution in [3.8, 4) is 5.75 Å². The summed E-state index contributed by atoms with van der Waals surface area (Å²) in [4.78, 5) is 11.1. The first kappa shape index (κ1) is 28.3. The molecule has 0 aliphatic heterocycles. The lowest BCUT2D eigenvalue weighted by molar-refractivity contribution is -0.139. The van der Waals surface area contributed by atoms with Crippen LogP contribution in [0.4, 0.5) is 13.2 Å². The molecule has 34 heavy (non-hydrogen) atoms. The molecule has 188 valence electrons. The van der Waals surface area contributed by atoms with Gasteiger partial charge in [-0.3, -0.25) is 0 Å². The average molecular weight is 540 g/mol. The molecule has 0 saturated heterocycles. The number of aliphatic carboxylic acids is 1. The molecule has 0 bridgehead atoms. The molecule has 12 heteroatoms. The lowest BCUT2D eigenvalue weighted by Crippen LogP contribution is -2.36. The van der Waals surface area contributed by atoms with E-state index in [-0.39, 0.29) is 23.2 Å². The maximum Gasteiger partial charge on any atom is 0.416 e. The Bertz CT molecular complexity index is 1130. The minimum absolute atomic E-state index is 0.106. The first-order valence-electron chi connectivity index (χ1n) is 10.2. The average Bonchev–Trinajstić information content (AvgIpc) is 2.71. The number of nitrogens with zero attached hydrogens (tertiary/aromatic N) is 1. The fourth-order valence-corrected chi connectivity index (χ4v) is 6.48. The van der Waals surface area contributed by atoms with E-state index < -0.39 is 39.4 Å². The third-order valence-electron chi connectivity index (χ3n) is 4.65. The Morgan fingerprint density at radius 1 is 1.24 bits per heavy atom. The number of thioether (sulfide) groups is 1. The topological polar surface area (TPSA) is 83.9 Å². The molecule has 2 rings (SSSR count). The first-order chi connectivity index (χ1) is 15.8. The first-order valence-corrected chi connectivity index (χ1v) is 12.9. The number of hydrogen-bond acceptors (Lipinski definition) is 5. The van der Waals surface area contributed by atoms with Crippen LogP contribution in [0.2, 0.25) is 5.02 Å². The van der Waals surface area contributed by atoms with Crippen molar-refractivity contribution in [1.82, 2.24) is 4.31 Å². The molecule has 0 spiro atoms. The van der Waals surface area contributed by atoms with Crippen molar-refractivity contribution in [1.29, 1.82) is 0 Å². The molecule has 0 aromatic heterocycles. The van der Waals surface area contributed by atoms with Gasteiger partial charge in [0, 0.05) is 23.2 Å². The molecule has 0 amide bonds. The fourth-order valence-electron chi connectivity index (χ4n) is 3.14. The van der Waals surface area contributed by atoms with E-state index in [1.54, 1.807) is 26.0 Å². The van der Waals surface area contributed by atoms with E-state index in [0.29, 0.717) is 24.3 Å². The van der Waals surface area contributed by atoms with Crippen molar-refractivity contribution in [3.05, 3.63) is 52.5 Å². The van der Waals surface area contributed by atoms with E-state index in [9.17, 15) is 26.4 Å². The van der Waals surface area contributed by atoms with E-state index in [1.165, 1.54) is 16.1 Å². The summed E-state index contributed by atoms with van der Waals surface area (Å²) < 4.78 is 71.6. The highest BCUT2D eigenvalue weighted by Crippen LogP contribution is 2.35. The lowest BCUT2D eigenvalue weighted by Gasteiger charge is -2.25. The molecule has 1 unspecified atom stereocenters. The summed E-state index contributed by atoms with van der Waals surface area (Å²) in [5.41, 5.74) is -0.290. The molecule has 6 nitrogen and oxygen atoms in total. The van der Waals surface area contributed by atoms with Crippen molar-refractivity contribution in [3.63, 3.8) is 0 Å². The molecule has 2 aromatic carbocycles. The van der Waals surface area contributed by atoms with E-state index >= 15 is 0 Å². The third kappa shape index (κ3) is 7.53. The maximum atomic E-state index is 13.2. The van der Waals surface area contributed by atoms with Gasteiger partial charge in [-0.15, -0.1) is 11.8 Å². The van der Waals surface area contributed by atoms with Crippen LogP contribution in [-0.2, 0) is 21.0 Å². The summed E-state index contributed by atoms with van der Waals surface area (Å²) in [5.74, 6) is -0.650. The molecule has 0 aliphatic carbocycles. The highest BCUT2D eigenvalue weighted by atomic mass is 35.5. The van der Waals surface area contributed by atoms with E-state index in [2.05, 4.69) is 0 Å². The van der Waals surface area contributed by atoms with E-state index in [4.69, 9.17) is 21.4 Å². The number of carbonyl (C=O) groups is 1. The standard InChI is InChI=1S/C22H25ClF3NO5S2/c1-4-9-27(34(30,31)20-8-5-16(11-18(20)23)22(24,25)26)12-15(3)33-17-6-7-19(14(2)10-17)32-13-21(28)29/h5-8,10-11,15H,4,9,12-13H2,1-3H3,(H,28,29). The molecule has 1 N–H and O–H groups in total. The minimum atomic E-state index is -4.63. The Morgan fingerprint density at radius 3 is 2.44 bits per heavy atom. The fraction of sp³-hybridized carbons (Fsp3) is 0.409. The number of carboxylic acid groups (broad SMARTS) is 1. The number of alkyl halides is 3. The molecular weight excluding hydrogens is 515 g/mol. The van der Waals surface area contributed by atoms with Crippen LogP contribution < -0.4 is 4.74 Å². The molecule has 1 atom stereocenters. The number of hydrogen-bond donors (Lipinski definition) is 1. The van der Waals surface area contributed by atoms with Gasteiger partial charge in [0.05, 0.1) is 10.6 Å². The number of aryl methyl sites for hydroxylation is 1. The predicted molar refractivity (Wildman–Crippen MR) is 125 cm³/mol. The summed E-state index contributed by atoms with van der Waals surface area (Å²) in [6, 6.07) is 7.42. The van der Waals surface area contributed by atoms with Gasteiger partial charge in [0.1, 0.15) is 10.6 Å². The molecule has 2 aromatic rings. The summed E-state index contributed by atoms with van der Waals surface area (Å²) in [6.45, 7) is 5.22. The Balaban J connectivity index is 2.19. The van der Waals surface area contributed by atoms with Crippen LogP contribution in [0, 0.1) is 6.92 Å². The van der Waals surface area contributed by atoms with Crippen molar-refractivity contribution < 1.29 is 36.2 Å². The largest absolute Gasteiger partial charge is 0.482 e. The van der Waals surface area contributed by atoms with Gasteiger partial charge in [-0.25, -0.2) is 13.2 Å². The van der Waals surface area contributed by atoms with Crippen LogP contribution in [0.3, 0.4) is 0 Å². The Hall–Kier alpha value is -1.95. The van der Waals surface area contributed by atoms with Crippen LogP contribution in [0.5, 0.6) is 5.75 Å². The number of sulfonamides is 1. The number of rotatable bonds is 11. The number of halogens is 4. The SMILES string of the molecule is CCCN(CC(C)Sc1ccc(OCC(=O)O)c(C)c1)S(=O)(=O)c1ccc(C(F)(F)F)cc1Cl. The summed E-state index contributed by atoms with van der Waals surface area (Å²) in [5, 5.41) is 8.05. The zero-order valence-corrected chi connectivity index (χ0v) is 21.1. The van der Waals surface area contributed by atoms with Crippen LogP contribution >= 0.6 is 23.4 Å². The smallest absolute Gasteiger partial charge is 0.416 e. The monoisotopic (exact) mass is 539 g/mol. The Kier molecular flexibility index (Phi) is 9.70. The van der Waals surface area contributed by atoms with E-state index in [1.807, 2.05) is 13.0 Å². The highest BCUT2D eigenvalue weighted by molar-refractivity contribution is 8.00. The van der Waals surface area contributed by atoms with Crippen LogP contribution in [-0.4, -0.2) is 48.7 Å². The van der Waals surface area contributed by atoms with Crippen LogP contribution in [0.25, 0.3) is 0 Å². The van der Waals surface area contributed by atoms with Crippen LogP contribution in [0.15, 0.2) is 46.2 Å². The summed E-state index contributed by atoms with van der Waals surface area (Å²) in [6.07, 6.45) is -4.13. The van der Waals surface area contributed by atoms with E-state index in [0.717, 1.165) is 16.5 Å². The van der Waals surface area contributed by atoms with Gasteiger partial charge in [0.25, 0.3) is 0 Å². The number of benzene rings is 2. The predicted octanol–water partition coefficient (Wildman–Crippen LogP) is 5.71. The summed E-state index contributed by atoms with van der Waals surface area (Å²) in [7, 11) is -4.13. The van der Waals surface area contributed by atoms with Gasteiger partial charge in [0.2, 0.25) is 10.0 Å². The van der Waals surface area contributed by atoms with Crippen molar-refractivity contribution in [2.24, 2.45) is 0 Å². The minimum Gasteiger partial charge on any atom is -0.482 e. The van der Waals surface area contributed by atoms with Gasteiger partial charge < -0.3 is 9.84 Å². The number of ether oxygens (including phenoxy) is 1. The molecule has 0 heterocycles. The summed E-state index contributed by atoms with van der Waals surface area (Å²) >= 11 is 7.35. The molecular formula is C22H25ClF3NO5S2. The second kappa shape index (κ2) is 11.7. The maximum absolute atomic E-state index is 13.2. The molecule has 0 fully saturated rings. The molecule has 0 radical (unpaired) electrons. The second-order valence-corrected chi connectivity index (χ2v) is 11.4. The normalized spacial score (nSPS) is 13.2. The molecule has 0 aliphatic rings. The van der Waals surface area contributed by atoms with Crippen molar-refractivity contribution >= 4 is 39.4 Å². The van der Waals surface area contributed by atoms with Gasteiger partial charge in [-0.05, 0) is 55.3 Å². The van der Waals surface area contributed by atoms with Crippen molar-refractivity contribution in [2.75, 3.05) is 19.7 Å². The zero-order valence-electron chi connectivity index (χ0n) is 18.7. The zero-order chi connectivity index (χ0) is 25.7. The highest BCUT2D eigenvalue weighted by Gasteiger charge is 2.33. The Labute approximate surface area is 206 Å². The quantitative estimate of drug-likeness (QED) is 0.368. The van der Waals surface area contributed by atoms with Gasteiger partial charge in [-0.1, -0.05) is 25.4 Å². The Morgan fingerprint density at radius 2 is 1.91 bits per heavy atom. The lowest BCUT2D eigenvalue weighted by atomic mass is 10.2.